The zero-order valence-corrected chi connectivity index (χ0v) is 9.84. The summed E-state index contributed by atoms with van der Waals surface area (Å²) in [6.07, 6.45) is 0. The van der Waals surface area contributed by atoms with Gasteiger partial charge in [0.1, 0.15) is 0 Å². The number of rotatable bonds is 2. The molecule has 1 heterocycles. The van der Waals surface area contributed by atoms with Gasteiger partial charge < -0.3 is 5.73 Å². The molecule has 0 amide bonds. The van der Waals surface area contributed by atoms with E-state index in [4.69, 9.17) is 5.73 Å². The monoisotopic (exact) mass is 217 g/mol. The van der Waals surface area contributed by atoms with Crippen LogP contribution in [-0.4, -0.2) is 0 Å². The van der Waals surface area contributed by atoms with Crippen LogP contribution in [0.4, 0.5) is 0 Å². The molecular weight excluding hydrogens is 202 g/mol. The first kappa shape index (κ1) is 10.4. The summed E-state index contributed by atoms with van der Waals surface area (Å²) in [6, 6.07) is 12.9. The van der Waals surface area contributed by atoms with Crippen molar-refractivity contribution in [1.29, 1.82) is 0 Å². The van der Waals surface area contributed by atoms with Crippen LogP contribution in [0.1, 0.15) is 23.4 Å². The van der Waals surface area contributed by atoms with Gasteiger partial charge in [0.15, 0.2) is 0 Å². The van der Waals surface area contributed by atoms with Crippen LogP contribution in [0.3, 0.4) is 0 Å². The summed E-state index contributed by atoms with van der Waals surface area (Å²) in [5.74, 6) is 0. The van der Waals surface area contributed by atoms with Gasteiger partial charge in [0.2, 0.25) is 0 Å². The second-order valence-electron chi connectivity index (χ2n) is 3.81. The van der Waals surface area contributed by atoms with Gasteiger partial charge in [0, 0.05) is 15.8 Å². The second-order valence-corrected chi connectivity index (χ2v) is 4.92. The molecule has 1 aromatic carbocycles. The van der Waals surface area contributed by atoms with E-state index in [0.29, 0.717) is 0 Å². The standard InChI is InChI=1S/C13H15NS/c1-9-5-3-4-6-11(9)13-8-7-12(15-13)10(2)14/h3-8,10H,14H2,1-2H3/t10-/m1/s1. The van der Waals surface area contributed by atoms with E-state index in [2.05, 4.69) is 43.3 Å². The largest absolute Gasteiger partial charge is 0.324 e. The summed E-state index contributed by atoms with van der Waals surface area (Å²) < 4.78 is 0. The molecule has 1 nitrogen and oxygen atoms in total. The van der Waals surface area contributed by atoms with E-state index in [1.165, 1.54) is 20.9 Å². The van der Waals surface area contributed by atoms with Gasteiger partial charge in [-0.1, -0.05) is 24.3 Å². The van der Waals surface area contributed by atoms with E-state index in [1.807, 2.05) is 6.92 Å². The Hall–Kier alpha value is -1.12. The van der Waals surface area contributed by atoms with Crippen LogP contribution in [0.25, 0.3) is 10.4 Å². The number of hydrogen-bond acceptors (Lipinski definition) is 2. The number of hydrogen-bond donors (Lipinski definition) is 1. The molecule has 0 aliphatic carbocycles. The molecule has 0 unspecified atom stereocenters. The van der Waals surface area contributed by atoms with Crippen LogP contribution in [-0.2, 0) is 0 Å². The van der Waals surface area contributed by atoms with E-state index >= 15 is 0 Å². The van der Waals surface area contributed by atoms with Gasteiger partial charge in [0.25, 0.3) is 0 Å². The minimum atomic E-state index is 0.132. The molecule has 0 saturated heterocycles. The summed E-state index contributed by atoms with van der Waals surface area (Å²) in [4.78, 5) is 2.55. The van der Waals surface area contributed by atoms with Crippen LogP contribution in [0, 0.1) is 6.92 Å². The summed E-state index contributed by atoms with van der Waals surface area (Å²) in [5, 5.41) is 0. The zero-order valence-electron chi connectivity index (χ0n) is 9.03. The Morgan fingerprint density at radius 3 is 2.47 bits per heavy atom. The molecule has 1 atom stereocenters. The predicted octanol–water partition coefficient (Wildman–Crippen LogP) is 3.74. The molecular formula is C13H15NS. The maximum atomic E-state index is 5.85. The maximum Gasteiger partial charge on any atom is 0.0361 e. The van der Waals surface area contributed by atoms with Crippen molar-refractivity contribution in [3.05, 3.63) is 46.8 Å². The van der Waals surface area contributed by atoms with Crippen LogP contribution in [0.2, 0.25) is 0 Å². The molecule has 0 bridgehead atoms. The zero-order chi connectivity index (χ0) is 10.8. The predicted molar refractivity (Wildman–Crippen MR) is 67.1 cm³/mol. The van der Waals surface area contributed by atoms with Crippen molar-refractivity contribution in [3.8, 4) is 10.4 Å². The highest BCUT2D eigenvalue weighted by Gasteiger charge is 2.07. The molecule has 2 aromatic rings. The Kier molecular flexibility index (Phi) is 2.89. The third-order valence-corrected chi connectivity index (χ3v) is 3.81. The Balaban J connectivity index is 2.42. The molecule has 0 fully saturated rings. The van der Waals surface area contributed by atoms with Crippen LogP contribution >= 0.6 is 11.3 Å². The van der Waals surface area contributed by atoms with Crippen molar-refractivity contribution in [2.45, 2.75) is 19.9 Å². The minimum Gasteiger partial charge on any atom is -0.324 e. The molecule has 0 saturated carbocycles. The van der Waals surface area contributed by atoms with Crippen molar-refractivity contribution < 1.29 is 0 Å². The van der Waals surface area contributed by atoms with Crippen LogP contribution in [0.5, 0.6) is 0 Å². The summed E-state index contributed by atoms with van der Waals surface area (Å²) in [7, 11) is 0. The van der Waals surface area contributed by atoms with Gasteiger partial charge in [-0.15, -0.1) is 11.3 Å². The smallest absolute Gasteiger partial charge is 0.0361 e. The molecule has 2 heteroatoms. The third kappa shape index (κ3) is 2.11. The lowest BCUT2D eigenvalue weighted by molar-refractivity contribution is 0.838. The third-order valence-electron chi connectivity index (χ3n) is 2.49. The van der Waals surface area contributed by atoms with Crippen molar-refractivity contribution in [2.75, 3.05) is 0 Å². The van der Waals surface area contributed by atoms with E-state index in [-0.39, 0.29) is 6.04 Å². The first-order valence-electron chi connectivity index (χ1n) is 5.10. The van der Waals surface area contributed by atoms with E-state index in [0.717, 1.165) is 0 Å². The van der Waals surface area contributed by atoms with Gasteiger partial charge in [-0.2, -0.15) is 0 Å². The SMILES string of the molecule is Cc1ccccc1-c1ccc([C@@H](C)N)s1. The maximum absolute atomic E-state index is 5.85. The molecule has 15 heavy (non-hydrogen) atoms. The Morgan fingerprint density at radius 2 is 1.87 bits per heavy atom. The Bertz CT molecular complexity index is 457. The van der Waals surface area contributed by atoms with Crippen molar-refractivity contribution in [1.82, 2.24) is 0 Å². The molecule has 0 radical (unpaired) electrons. The van der Waals surface area contributed by atoms with Crippen LogP contribution < -0.4 is 5.73 Å². The fraction of sp³-hybridized carbons (Fsp3) is 0.231. The minimum absolute atomic E-state index is 0.132. The molecule has 78 valence electrons. The fourth-order valence-corrected chi connectivity index (χ4v) is 2.64. The van der Waals surface area contributed by atoms with Gasteiger partial charge in [0.05, 0.1) is 0 Å². The van der Waals surface area contributed by atoms with Gasteiger partial charge in [-0.05, 0) is 37.1 Å². The molecule has 2 rings (SSSR count). The normalized spacial score (nSPS) is 12.7. The number of nitrogens with two attached hydrogens (primary N) is 1. The number of benzene rings is 1. The Morgan fingerprint density at radius 1 is 1.13 bits per heavy atom. The molecule has 0 aliphatic rings. The lowest BCUT2D eigenvalue weighted by Gasteiger charge is -2.02. The summed E-state index contributed by atoms with van der Waals surface area (Å²) in [6.45, 7) is 4.16. The quantitative estimate of drug-likeness (QED) is 0.814. The van der Waals surface area contributed by atoms with E-state index in [9.17, 15) is 0 Å². The lowest BCUT2D eigenvalue weighted by Crippen LogP contribution is -2.01. The topological polar surface area (TPSA) is 26.0 Å². The molecule has 0 aliphatic heterocycles. The van der Waals surface area contributed by atoms with Crippen molar-refractivity contribution >= 4 is 11.3 Å². The first-order valence-corrected chi connectivity index (χ1v) is 5.91. The van der Waals surface area contributed by atoms with Crippen LogP contribution in [0.15, 0.2) is 36.4 Å². The highest BCUT2D eigenvalue weighted by molar-refractivity contribution is 7.15. The van der Waals surface area contributed by atoms with Crippen molar-refractivity contribution in [3.63, 3.8) is 0 Å². The van der Waals surface area contributed by atoms with Gasteiger partial charge in [-0.3, -0.25) is 0 Å². The van der Waals surface area contributed by atoms with Gasteiger partial charge in [-0.25, -0.2) is 0 Å². The number of aryl methyl sites for hydroxylation is 1. The van der Waals surface area contributed by atoms with Gasteiger partial charge >= 0.3 is 0 Å². The van der Waals surface area contributed by atoms with E-state index in [1.54, 1.807) is 11.3 Å². The average Bonchev–Trinajstić information content (AvgIpc) is 2.67. The summed E-state index contributed by atoms with van der Waals surface area (Å²) >= 11 is 1.78. The molecule has 0 spiro atoms. The average molecular weight is 217 g/mol. The number of thiophene rings is 1. The highest BCUT2D eigenvalue weighted by atomic mass is 32.1. The lowest BCUT2D eigenvalue weighted by atomic mass is 10.1. The fourth-order valence-electron chi connectivity index (χ4n) is 1.59. The summed E-state index contributed by atoms with van der Waals surface area (Å²) in [5.41, 5.74) is 8.48. The molecule has 1 aromatic heterocycles. The van der Waals surface area contributed by atoms with Crippen molar-refractivity contribution in [2.24, 2.45) is 5.73 Å². The molecule has 2 N–H and O–H groups in total. The van der Waals surface area contributed by atoms with E-state index < -0.39 is 0 Å². The highest BCUT2D eigenvalue weighted by Crippen LogP contribution is 2.32. The Labute approximate surface area is 94.6 Å². The second kappa shape index (κ2) is 4.17. The first-order chi connectivity index (χ1) is 7.18.